The van der Waals surface area contributed by atoms with Crippen LogP contribution in [-0.4, -0.2) is 29.8 Å². The number of aromatic nitrogens is 2. The average Bonchev–Trinajstić information content (AvgIpc) is 3.16. The molecule has 0 aliphatic heterocycles. The Morgan fingerprint density at radius 1 is 1.15 bits per heavy atom. The molecule has 1 atom stereocenters. The summed E-state index contributed by atoms with van der Waals surface area (Å²) in [5.74, 6) is 0.512. The van der Waals surface area contributed by atoms with Crippen molar-refractivity contribution in [3.05, 3.63) is 60.2 Å². The summed E-state index contributed by atoms with van der Waals surface area (Å²) < 4.78 is 6.33. The number of carbonyl (C=O) groups is 1. The lowest BCUT2D eigenvalue weighted by atomic mass is 10.1. The summed E-state index contributed by atoms with van der Waals surface area (Å²) in [6.45, 7) is 2.44. The van der Waals surface area contributed by atoms with Gasteiger partial charge in [0.1, 0.15) is 11.0 Å². The van der Waals surface area contributed by atoms with Crippen LogP contribution in [0.15, 0.2) is 58.9 Å². The molecular weight excluding hydrogens is 380 g/mol. The molecule has 1 aromatic heterocycles. The second-order valence-corrected chi connectivity index (χ2v) is 7.78. The van der Waals surface area contributed by atoms with Gasteiger partial charge in [-0.1, -0.05) is 65.6 Å². The monoisotopic (exact) mass is 400 g/mol. The molecular formula is C19H20N4O2S2. The molecule has 140 valence electrons. The molecule has 3 aromatic rings. The SMILES string of the molecule is CCOc1ccccc1NC(=O)[C@H](Sc1nnc(NC)s1)c1ccccc1. The highest BCUT2D eigenvalue weighted by molar-refractivity contribution is 8.02. The summed E-state index contributed by atoms with van der Waals surface area (Å²) in [6.07, 6.45) is 0. The summed E-state index contributed by atoms with van der Waals surface area (Å²) in [7, 11) is 1.79. The Kier molecular flexibility index (Phi) is 6.67. The normalized spacial score (nSPS) is 11.6. The third kappa shape index (κ3) is 4.99. The molecule has 0 saturated carbocycles. The minimum absolute atomic E-state index is 0.139. The number of hydrogen-bond donors (Lipinski definition) is 2. The van der Waals surface area contributed by atoms with E-state index in [0.29, 0.717) is 23.2 Å². The predicted molar refractivity (Wildman–Crippen MR) is 111 cm³/mol. The van der Waals surface area contributed by atoms with Crippen molar-refractivity contribution in [3.63, 3.8) is 0 Å². The maximum atomic E-state index is 13.1. The van der Waals surface area contributed by atoms with Crippen molar-refractivity contribution in [1.82, 2.24) is 10.2 Å². The van der Waals surface area contributed by atoms with E-state index in [9.17, 15) is 4.79 Å². The summed E-state index contributed by atoms with van der Waals surface area (Å²) in [6, 6.07) is 17.1. The standard InChI is InChI=1S/C19H20N4O2S2/c1-3-25-15-12-8-7-11-14(15)21-17(24)16(13-9-5-4-6-10-13)26-19-23-22-18(20-2)27-19/h4-12,16H,3H2,1-2H3,(H,20,22)(H,21,24)/t16-/m1/s1. The topological polar surface area (TPSA) is 76.1 Å². The van der Waals surface area contributed by atoms with Gasteiger partial charge in [-0.2, -0.15) is 0 Å². The zero-order chi connectivity index (χ0) is 19.1. The molecule has 0 radical (unpaired) electrons. The first-order chi connectivity index (χ1) is 13.2. The van der Waals surface area contributed by atoms with E-state index in [1.54, 1.807) is 7.05 Å². The number of amides is 1. The summed E-state index contributed by atoms with van der Waals surface area (Å²) in [4.78, 5) is 13.1. The fraction of sp³-hybridized carbons (Fsp3) is 0.211. The Bertz CT molecular complexity index is 886. The van der Waals surface area contributed by atoms with Crippen LogP contribution in [0.2, 0.25) is 0 Å². The maximum Gasteiger partial charge on any atom is 0.242 e. The van der Waals surface area contributed by atoms with Crippen LogP contribution in [0.25, 0.3) is 0 Å². The molecule has 6 nitrogen and oxygen atoms in total. The van der Waals surface area contributed by atoms with Gasteiger partial charge in [-0.25, -0.2) is 0 Å². The van der Waals surface area contributed by atoms with Crippen LogP contribution in [0, 0.1) is 0 Å². The van der Waals surface area contributed by atoms with E-state index in [1.165, 1.54) is 23.1 Å². The third-order valence-corrected chi connectivity index (χ3v) is 5.90. The molecule has 0 fully saturated rings. The number of ether oxygens (including phenoxy) is 1. The molecule has 0 aliphatic rings. The van der Waals surface area contributed by atoms with Crippen molar-refractivity contribution < 1.29 is 9.53 Å². The third-order valence-electron chi connectivity index (χ3n) is 3.62. The van der Waals surface area contributed by atoms with Gasteiger partial charge in [0.2, 0.25) is 11.0 Å². The van der Waals surface area contributed by atoms with Crippen LogP contribution in [0.5, 0.6) is 5.75 Å². The van der Waals surface area contributed by atoms with Gasteiger partial charge >= 0.3 is 0 Å². The average molecular weight is 401 g/mol. The van der Waals surface area contributed by atoms with Gasteiger partial charge in [-0.05, 0) is 24.6 Å². The van der Waals surface area contributed by atoms with E-state index in [4.69, 9.17) is 4.74 Å². The molecule has 0 saturated heterocycles. The molecule has 27 heavy (non-hydrogen) atoms. The van der Waals surface area contributed by atoms with Gasteiger partial charge in [0.05, 0.1) is 12.3 Å². The van der Waals surface area contributed by atoms with Gasteiger partial charge in [0.25, 0.3) is 0 Å². The molecule has 0 aliphatic carbocycles. The van der Waals surface area contributed by atoms with E-state index in [0.717, 1.165) is 9.90 Å². The number of nitrogens with one attached hydrogen (secondary N) is 2. The second kappa shape index (κ2) is 9.38. The smallest absolute Gasteiger partial charge is 0.242 e. The van der Waals surface area contributed by atoms with Crippen LogP contribution in [0.1, 0.15) is 17.7 Å². The number of hydrogen-bond acceptors (Lipinski definition) is 7. The Hall–Kier alpha value is -2.58. The van der Waals surface area contributed by atoms with Gasteiger partial charge < -0.3 is 15.4 Å². The minimum Gasteiger partial charge on any atom is -0.492 e. The van der Waals surface area contributed by atoms with Crippen molar-refractivity contribution in [2.45, 2.75) is 16.5 Å². The molecule has 0 spiro atoms. The number of benzene rings is 2. The van der Waals surface area contributed by atoms with Crippen LogP contribution < -0.4 is 15.4 Å². The number of nitrogens with zero attached hydrogens (tertiary/aromatic N) is 2. The first-order valence-electron chi connectivity index (χ1n) is 8.46. The highest BCUT2D eigenvalue weighted by Crippen LogP contribution is 2.39. The van der Waals surface area contributed by atoms with E-state index >= 15 is 0 Å². The quantitative estimate of drug-likeness (QED) is 0.544. The summed E-state index contributed by atoms with van der Waals surface area (Å²) >= 11 is 2.79. The fourth-order valence-electron chi connectivity index (χ4n) is 2.41. The van der Waals surface area contributed by atoms with Crippen LogP contribution >= 0.6 is 23.1 Å². The number of para-hydroxylation sites is 2. The molecule has 2 aromatic carbocycles. The molecule has 1 amide bonds. The zero-order valence-corrected chi connectivity index (χ0v) is 16.6. The van der Waals surface area contributed by atoms with Crippen LogP contribution in [0.4, 0.5) is 10.8 Å². The zero-order valence-electron chi connectivity index (χ0n) is 15.0. The lowest BCUT2D eigenvalue weighted by Gasteiger charge is -2.17. The predicted octanol–water partition coefficient (Wildman–Crippen LogP) is 4.45. The van der Waals surface area contributed by atoms with E-state index in [1.807, 2.05) is 61.5 Å². The first kappa shape index (κ1) is 19.2. The van der Waals surface area contributed by atoms with E-state index in [2.05, 4.69) is 20.8 Å². The molecule has 8 heteroatoms. The molecule has 1 heterocycles. The lowest BCUT2D eigenvalue weighted by molar-refractivity contribution is -0.115. The number of rotatable bonds is 8. The molecule has 2 N–H and O–H groups in total. The summed E-state index contributed by atoms with van der Waals surface area (Å²) in [5, 5.41) is 14.4. The first-order valence-corrected chi connectivity index (χ1v) is 10.2. The molecule has 0 bridgehead atoms. The van der Waals surface area contributed by atoms with Crippen molar-refractivity contribution in [3.8, 4) is 5.75 Å². The van der Waals surface area contributed by atoms with Crippen molar-refractivity contribution in [2.24, 2.45) is 0 Å². The van der Waals surface area contributed by atoms with Gasteiger partial charge in [0.15, 0.2) is 4.34 Å². The largest absolute Gasteiger partial charge is 0.492 e. The highest BCUT2D eigenvalue weighted by Gasteiger charge is 2.24. The Morgan fingerprint density at radius 3 is 2.59 bits per heavy atom. The fourth-order valence-corrected chi connectivity index (χ4v) is 4.31. The van der Waals surface area contributed by atoms with Crippen LogP contribution in [0.3, 0.4) is 0 Å². The Balaban J connectivity index is 1.85. The highest BCUT2D eigenvalue weighted by atomic mass is 32.2. The Labute approximate surface area is 166 Å². The van der Waals surface area contributed by atoms with Gasteiger partial charge in [-0.3, -0.25) is 4.79 Å². The molecule has 0 unspecified atom stereocenters. The minimum atomic E-state index is -0.460. The van der Waals surface area contributed by atoms with Crippen molar-refractivity contribution in [1.29, 1.82) is 0 Å². The maximum absolute atomic E-state index is 13.1. The van der Waals surface area contributed by atoms with Gasteiger partial charge in [0, 0.05) is 7.05 Å². The van der Waals surface area contributed by atoms with E-state index in [-0.39, 0.29) is 5.91 Å². The summed E-state index contributed by atoms with van der Waals surface area (Å²) in [5.41, 5.74) is 1.55. The van der Waals surface area contributed by atoms with Crippen molar-refractivity contribution in [2.75, 3.05) is 24.3 Å². The lowest BCUT2D eigenvalue weighted by Crippen LogP contribution is -2.19. The number of thioether (sulfide) groups is 1. The number of carbonyl (C=O) groups excluding carboxylic acids is 1. The van der Waals surface area contributed by atoms with Crippen molar-refractivity contribution >= 4 is 39.8 Å². The molecule has 3 rings (SSSR count). The number of anilines is 2. The van der Waals surface area contributed by atoms with Gasteiger partial charge in [-0.15, -0.1) is 10.2 Å². The van der Waals surface area contributed by atoms with E-state index < -0.39 is 5.25 Å². The second-order valence-electron chi connectivity index (χ2n) is 5.45. The Morgan fingerprint density at radius 2 is 1.89 bits per heavy atom. The van der Waals surface area contributed by atoms with Crippen LogP contribution in [-0.2, 0) is 4.79 Å².